The average molecular weight is 252 g/mol. The van der Waals surface area contributed by atoms with E-state index in [4.69, 9.17) is 34.0 Å². The first-order chi connectivity index (χ1) is 6.99. The number of benzene rings is 1. The van der Waals surface area contributed by atoms with Gasteiger partial charge >= 0.3 is 0 Å². The summed E-state index contributed by atoms with van der Waals surface area (Å²) in [6, 6.07) is 2.92. The Bertz CT molecular complexity index is 359. The fourth-order valence-corrected chi connectivity index (χ4v) is 1.57. The molecule has 0 saturated heterocycles. The van der Waals surface area contributed by atoms with Crippen LogP contribution in [0.25, 0.3) is 0 Å². The van der Waals surface area contributed by atoms with Gasteiger partial charge in [-0.25, -0.2) is 0 Å². The van der Waals surface area contributed by atoms with Gasteiger partial charge in [-0.2, -0.15) is 0 Å². The first-order valence-corrected chi connectivity index (χ1v) is 4.95. The van der Waals surface area contributed by atoms with Crippen LogP contribution in [0.5, 0.6) is 0 Å². The van der Waals surface area contributed by atoms with Crippen molar-refractivity contribution in [2.75, 3.05) is 12.3 Å². The van der Waals surface area contributed by atoms with Crippen molar-refractivity contribution in [1.29, 1.82) is 0 Å². The Labute approximate surface area is 96.9 Å². The summed E-state index contributed by atoms with van der Waals surface area (Å²) in [4.78, 5) is 0. The predicted octanol–water partition coefficient (Wildman–Crippen LogP) is 0.962. The highest BCUT2D eigenvalue weighted by atomic mass is 35.5. The third kappa shape index (κ3) is 2.53. The Kier molecular flexibility index (Phi) is 4.19. The molecule has 0 amide bonds. The first kappa shape index (κ1) is 12.5. The minimum Gasteiger partial charge on any atom is -0.397 e. The molecular weight excluding hydrogens is 241 g/mol. The van der Waals surface area contributed by atoms with Gasteiger partial charge in [0.2, 0.25) is 0 Å². The Balaban J connectivity index is 3.10. The molecule has 84 valence electrons. The zero-order chi connectivity index (χ0) is 11.6. The van der Waals surface area contributed by atoms with Crippen molar-refractivity contribution in [3.63, 3.8) is 0 Å². The summed E-state index contributed by atoms with van der Waals surface area (Å²) >= 11 is 11.6. The van der Waals surface area contributed by atoms with E-state index in [1.54, 1.807) is 0 Å². The van der Waals surface area contributed by atoms with Gasteiger partial charge in [0.1, 0.15) is 12.2 Å². The summed E-state index contributed by atoms with van der Waals surface area (Å²) in [6.07, 6.45) is -2.59. The maximum atomic E-state index is 9.59. The number of halogens is 2. The van der Waals surface area contributed by atoms with Crippen LogP contribution < -0.4 is 5.73 Å². The highest BCUT2D eigenvalue weighted by Gasteiger charge is 2.21. The Hall–Kier alpha value is -0.520. The molecule has 2 atom stereocenters. The summed E-state index contributed by atoms with van der Waals surface area (Å²) in [5.41, 5.74) is 6.01. The molecule has 0 aromatic heterocycles. The van der Waals surface area contributed by atoms with Gasteiger partial charge < -0.3 is 21.1 Å². The molecule has 0 aliphatic carbocycles. The van der Waals surface area contributed by atoms with Crippen LogP contribution in [-0.2, 0) is 0 Å². The van der Waals surface area contributed by atoms with E-state index in [0.29, 0.717) is 0 Å². The van der Waals surface area contributed by atoms with Crippen molar-refractivity contribution in [1.82, 2.24) is 0 Å². The zero-order valence-corrected chi connectivity index (χ0v) is 9.20. The molecule has 4 nitrogen and oxygen atoms in total. The molecule has 0 fully saturated rings. The molecule has 0 aliphatic heterocycles. The van der Waals surface area contributed by atoms with Crippen molar-refractivity contribution in [2.45, 2.75) is 12.2 Å². The van der Waals surface area contributed by atoms with Gasteiger partial charge in [0.05, 0.1) is 22.3 Å². The van der Waals surface area contributed by atoms with Crippen LogP contribution in [0.1, 0.15) is 11.7 Å². The van der Waals surface area contributed by atoms with E-state index in [2.05, 4.69) is 0 Å². The summed E-state index contributed by atoms with van der Waals surface area (Å²) < 4.78 is 0. The number of hydrogen-bond acceptors (Lipinski definition) is 4. The zero-order valence-electron chi connectivity index (χ0n) is 7.69. The van der Waals surface area contributed by atoms with Gasteiger partial charge in [-0.1, -0.05) is 29.3 Å². The number of hydrogen-bond donors (Lipinski definition) is 4. The minimum atomic E-state index is -1.30. The second-order valence-electron chi connectivity index (χ2n) is 3.07. The first-order valence-electron chi connectivity index (χ1n) is 4.19. The van der Waals surface area contributed by atoms with E-state index in [-0.39, 0.29) is 21.3 Å². The molecule has 6 heteroatoms. The van der Waals surface area contributed by atoms with Crippen LogP contribution in [0, 0.1) is 0 Å². The molecule has 15 heavy (non-hydrogen) atoms. The maximum Gasteiger partial charge on any atom is 0.109 e. The number of nitrogens with two attached hydrogens (primary N) is 1. The number of rotatable bonds is 3. The van der Waals surface area contributed by atoms with Crippen molar-refractivity contribution < 1.29 is 15.3 Å². The monoisotopic (exact) mass is 251 g/mol. The smallest absolute Gasteiger partial charge is 0.109 e. The third-order valence-electron chi connectivity index (χ3n) is 2.01. The Morgan fingerprint density at radius 1 is 1.20 bits per heavy atom. The summed E-state index contributed by atoms with van der Waals surface area (Å²) in [6.45, 7) is -0.570. The Morgan fingerprint density at radius 2 is 1.80 bits per heavy atom. The lowest BCUT2D eigenvalue weighted by molar-refractivity contribution is -0.0152. The number of aliphatic hydroxyl groups excluding tert-OH is 3. The quantitative estimate of drug-likeness (QED) is 0.603. The van der Waals surface area contributed by atoms with Gasteiger partial charge in [0.25, 0.3) is 0 Å². The molecule has 0 radical (unpaired) electrons. The molecule has 2 unspecified atom stereocenters. The largest absolute Gasteiger partial charge is 0.397 e. The van der Waals surface area contributed by atoms with Crippen LogP contribution >= 0.6 is 23.2 Å². The molecule has 0 aliphatic rings. The van der Waals surface area contributed by atoms with E-state index >= 15 is 0 Å². The van der Waals surface area contributed by atoms with E-state index in [0.717, 1.165) is 0 Å². The van der Waals surface area contributed by atoms with E-state index in [1.165, 1.54) is 12.1 Å². The molecular formula is C9H11Cl2NO3. The van der Waals surface area contributed by atoms with Crippen LogP contribution in [0.3, 0.4) is 0 Å². The molecule has 0 heterocycles. The molecule has 1 rings (SSSR count). The topological polar surface area (TPSA) is 86.7 Å². The fourth-order valence-electron chi connectivity index (χ4n) is 1.11. The van der Waals surface area contributed by atoms with Crippen molar-refractivity contribution in [3.8, 4) is 0 Å². The molecule has 5 N–H and O–H groups in total. The maximum absolute atomic E-state index is 9.59. The molecule has 0 bridgehead atoms. The predicted molar refractivity (Wildman–Crippen MR) is 58.9 cm³/mol. The van der Waals surface area contributed by atoms with Gasteiger partial charge in [0.15, 0.2) is 0 Å². The van der Waals surface area contributed by atoms with Crippen molar-refractivity contribution >= 4 is 28.9 Å². The highest BCUT2D eigenvalue weighted by Crippen LogP contribution is 2.35. The van der Waals surface area contributed by atoms with Crippen LogP contribution in [0.4, 0.5) is 5.69 Å². The lowest BCUT2D eigenvalue weighted by atomic mass is 10.0. The lowest BCUT2D eigenvalue weighted by Crippen LogP contribution is -2.22. The second-order valence-corrected chi connectivity index (χ2v) is 3.82. The van der Waals surface area contributed by atoms with Crippen molar-refractivity contribution in [2.24, 2.45) is 0 Å². The molecule has 0 saturated carbocycles. The molecule has 1 aromatic carbocycles. The SMILES string of the molecule is Nc1ccc(C(O)C(O)CO)c(Cl)c1Cl. The summed E-state index contributed by atoms with van der Waals surface area (Å²) in [5.74, 6) is 0. The standard InChI is InChI=1S/C9H11Cl2NO3/c10-7-4(9(15)6(14)3-13)1-2-5(12)8(7)11/h1-2,6,9,13-15H,3,12H2. The number of aliphatic hydroxyl groups is 3. The normalized spacial score (nSPS) is 15.0. The van der Waals surface area contributed by atoms with Crippen LogP contribution in [0.15, 0.2) is 12.1 Å². The average Bonchev–Trinajstić information content (AvgIpc) is 2.24. The van der Waals surface area contributed by atoms with Crippen LogP contribution in [0.2, 0.25) is 10.0 Å². The fraction of sp³-hybridized carbons (Fsp3) is 0.333. The van der Waals surface area contributed by atoms with E-state index in [9.17, 15) is 10.2 Å². The van der Waals surface area contributed by atoms with E-state index in [1.807, 2.05) is 0 Å². The Morgan fingerprint density at radius 3 is 2.33 bits per heavy atom. The van der Waals surface area contributed by atoms with Gasteiger partial charge in [-0.3, -0.25) is 0 Å². The molecule has 0 spiro atoms. The minimum absolute atomic E-state index is 0.0802. The van der Waals surface area contributed by atoms with Gasteiger partial charge in [-0.15, -0.1) is 0 Å². The van der Waals surface area contributed by atoms with Crippen molar-refractivity contribution in [3.05, 3.63) is 27.7 Å². The molecule has 1 aromatic rings. The van der Waals surface area contributed by atoms with Crippen LogP contribution in [-0.4, -0.2) is 28.0 Å². The summed E-state index contributed by atoms with van der Waals surface area (Å²) in [5, 5.41) is 27.7. The highest BCUT2D eigenvalue weighted by molar-refractivity contribution is 6.44. The summed E-state index contributed by atoms with van der Waals surface area (Å²) in [7, 11) is 0. The lowest BCUT2D eigenvalue weighted by Gasteiger charge is -2.18. The van der Waals surface area contributed by atoms with Gasteiger partial charge in [0, 0.05) is 5.56 Å². The number of nitrogen functional groups attached to an aromatic ring is 1. The third-order valence-corrected chi connectivity index (χ3v) is 2.92. The second kappa shape index (κ2) is 5.01. The van der Waals surface area contributed by atoms with E-state index < -0.39 is 18.8 Å². The number of anilines is 1. The van der Waals surface area contributed by atoms with Gasteiger partial charge in [-0.05, 0) is 6.07 Å².